The molecule has 2 atom stereocenters. The quantitative estimate of drug-likeness (QED) is 0.803. The monoisotopic (exact) mass is 238 g/mol. The van der Waals surface area contributed by atoms with Gasteiger partial charge < -0.3 is 10.5 Å². The SMILES string of the molecule is CC1COC(CN)CN1CCc1cnn(C)c1. The summed E-state index contributed by atoms with van der Waals surface area (Å²) in [5.41, 5.74) is 6.94. The number of aromatic nitrogens is 2. The number of ether oxygens (including phenoxy) is 1. The highest BCUT2D eigenvalue weighted by atomic mass is 16.5. The highest BCUT2D eigenvalue weighted by Gasteiger charge is 2.24. The predicted molar refractivity (Wildman–Crippen MR) is 66.7 cm³/mol. The summed E-state index contributed by atoms with van der Waals surface area (Å²) in [4.78, 5) is 2.45. The van der Waals surface area contributed by atoms with Gasteiger partial charge in [0.1, 0.15) is 0 Å². The topological polar surface area (TPSA) is 56.3 Å². The highest BCUT2D eigenvalue weighted by molar-refractivity contribution is 5.04. The first kappa shape index (κ1) is 12.5. The average molecular weight is 238 g/mol. The molecule has 2 unspecified atom stereocenters. The number of hydrogen-bond acceptors (Lipinski definition) is 4. The van der Waals surface area contributed by atoms with Crippen LogP contribution in [0.15, 0.2) is 12.4 Å². The molecule has 2 heterocycles. The van der Waals surface area contributed by atoms with Gasteiger partial charge in [-0.1, -0.05) is 0 Å². The van der Waals surface area contributed by atoms with E-state index in [9.17, 15) is 0 Å². The fraction of sp³-hybridized carbons (Fsp3) is 0.750. The van der Waals surface area contributed by atoms with Gasteiger partial charge in [0, 0.05) is 38.9 Å². The van der Waals surface area contributed by atoms with E-state index < -0.39 is 0 Å². The summed E-state index contributed by atoms with van der Waals surface area (Å²) in [5.74, 6) is 0. The second-order valence-electron chi connectivity index (χ2n) is 4.81. The molecule has 1 aromatic heterocycles. The van der Waals surface area contributed by atoms with Crippen LogP contribution in [-0.2, 0) is 18.2 Å². The summed E-state index contributed by atoms with van der Waals surface area (Å²) >= 11 is 0. The molecule has 0 spiro atoms. The van der Waals surface area contributed by atoms with Gasteiger partial charge in [-0.25, -0.2) is 0 Å². The van der Waals surface area contributed by atoms with Gasteiger partial charge in [0.2, 0.25) is 0 Å². The number of morpholine rings is 1. The van der Waals surface area contributed by atoms with Crippen LogP contribution in [0.1, 0.15) is 12.5 Å². The molecule has 5 heteroatoms. The Balaban J connectivity index is 1.84. The molecular weight excluding hydrogens is 216 g/mol. The molecule has 0 aliphatic carbocycles. The van der Waals surface area contributed by atoms with Gasteiger partial charge >= 0.3 is 0 Å². The molecule has 1 aliphatic rings. The largest absolute Gasteiger partial charge is 0.374 e. The van der Waals surface area contributed by atoms with Crippen LogP contribution >= 0.6 is 0 Å². The minimum absolute atomic E-state index is 0.195. The second kappa shape index (κ2) is 5.62. The summed E-state index contributed by atoms with van der Waals surface area (Å²) in [6.45, 7) is 5.59. The van der Waals surface area contributed by atoms with E-state index in [-0.39, 0.29) is 6.10 Å². The molecule has 0 saturated carbocycles. The molecule has 1 aromatic rings. The van der Waals surface area contributed by atoms with Crippen molar-refractivity contribution in [2.45, 2.75) is 25.5 Å². The zero-order chi connectivity index (χ0) is 12.3. The highest BCUT2D eigenvalue weighted by Crippen LogP contribution is 2.12. The van der Waals surface area contributed by atoms with Gasteiger partial charge in [-0.3, -0.25) is 9.58 Å². The Morgan fingerprint density at radius 1 is 1.59 bits per heavy atom. The van der Waals surface area contributed by atoms with Crippen molar-refractivity contribution in [1.29, 1.82) is 0 Å². The van der Waals surface area contributed by atoms with Crippen molar-refractivity contribution in [2.24, 2.45) is 12.8 Å². The molecule has 5 nitrogen and oxygen atoms in total. The number of nitrogens with two attached hydrogens (primary N) is 1. The minimum atomic E-state index is 0.195. The average Bonchev–Trinajstić information content (AvgIpc) is 2.74. The molecule has 1 saturated heterocycles. The molecular formula is C12H22N4O. The maximum atomic E-state index is 5.66. The number of nitrogens with zero attached hydrogens (tertiary/aromatic N) is 3. The third kappa shape index (κ3) is 3.28. The van der Waals surface area contributed by atoms with Crippen molar-refractivity contribution in [1.82, 2.24) is 14.7 Å². The van der Waals surface area contributed by atoms with Crippen LogP contribution in [0.3, 0.4) is 0 Å². The van der Waals surface area contributed by atoms with Crippen molar-refractivity contribution >= 4 is 0 Å². The summed E-state index contributed by atoms with van der Waals surface area (Å²) in [7, 11) is 1.95. The van der Waals surface area contributed by atoms with Gasteiger partial charge in [0.15, 0.2) is 0 Å². The van der Waals surface area contributed by atoms with Crippen LogP contribution in [-0.4, -0.2) is 53.1 Å². The van der Waals surface area contributed by atoms with Gasteiger partial charge in [0.05, 0.1) is 18.9 Å². The van der Waals surface area contributed by atoms with Crippen LogP contribution in [0.5, 0.6) is 0 Å². The first-order valence-electron chi connectivity index (χ1n) is 6.22. The van der Waals surface area contributed by atoms with E-state index in [2.05, 4.69) is 23.1 Å². The third-order valence-electron chi connectivity index (χ3n) is 3.34. The lowest BCUT2D eigenvalue weighted by atomic mass is 10.1. The second-order valence-corrected chi connectivity index (χ2v) is 4.81. The molecule has 0 aromatic carbocycles. The van der Waals surface area contributed by atoms with E-state index in [4.69, 9.17) is 10.5 Å². The zero-order valence-corrected chi connectivity index (χ0v) is 10.7. The van der Waals surface area contributed by atoms with E-state index in [0.29, 0.717) is 12.6 Å². The molecule has 0 radical (unpaired) electrons. The van der Waals surface area contributed by atoms with Crippen LogP contribution in [0.25, 0.3) is 0 Å². The maximum Gasteiger partial charge on any atom is 0.0824 e. The maximum absolute atomic E-state index is 5.66. The fourth-order valence-electron chi connectivity index (χ4n) is 2.20. The summed E-state index contributed by atoms with van der Waals surface area (Å²) in [6.07, 6.45) is 5.24. The Bertz CT molecular complexity index is 352. The molecule has 1 aliphatic heterocycles. The van der Waals surface area contributed by atoms with Crippen molar-refractivity contribution in [3.05, 3.63) is 18.0 Å². The van der Waals surface area contributed by atoms with E-state index in [1.807, 2.05) is 17.9 Å². The summed E-state index contributed by atoms with van der Waals surface area (Å²) in [5, 5.41) is 4.18. The Labute approximate surface area is 103 Å². The Morgan fingerprint density at radius 3 is 3.06 bits per heavy atom. The van der Waals surface area contributed by atoms with Crippen molar-refractivity contribution in [2.75, 3.05) is 26.2 Å². The van der Waals surface area contributed by atoms with Gasteiger partial charge in [-0.2, -0.15) is 5.10 Å². The number of aryl methyl sites for hydroxylation is 1. The number of hydrogen-bond donors (Lipinski definition) is 1. The van der Waals surface area contributed by atoms with Crippen molar-refractivity contribution < 1.29 is 4.74 Å². The van der Waals surface area contributed by atoms with Gasteiger partial charge in [-0.05, 0) is 18.9 Å². The minimum Gasteiger partial charge on any atom is -0.374 e. The molecule has 0 amide bonds. The third-order valence-corrected chi connectivity index (χ3v) is 3.34. The smallest absolute Gasteiger partial charge is 0.0824 e. The van der Waals surface area contributed by atoms with E-state index >= 15 is 0 Å². The lowest BCUT2D eigenvalue weighted by Gasteiger charge is -2.37. The van der Waals surface area contributed by atoms with Crippen LogP contribution in [0.4, 0.5) is 0 Å². The van der Waals surface area contributed by atoms with Crippen molar-refractivity contribution in [3.63, 3.8) is 0 Å². The molecule has 96 valence electrons. The van der Waals surface area contributed by atoms with Crippen LogP contribution < -0.4 is 5.73 Å². The van der Waals surface area contributed by atoms with Gasteiger partial charge in [0.25, 0.3) is 0 Å². The van der Waals surface area contributed by atoms with Crippen molar-refractivity contribution in [3.8, 4) is 0 Å². The molecule has 2 rings (SSSR count). The lowest BCUT2D eigenvalue weighted by molar-refractivity contribution is -0.0529. The lowest BCUT2D eigenvalue weighted by Crippen LogP contribution is -2.51. The molecule has 17 heavy (non-hydrogen) atoms. The van der Waals surface area contributed by atoms with Crippen LogP contribution in [0.2, 0.25) is 0 Å². The first-order chi connectivity index (χ1) is 8.19. The van der Waals surface area contributed by atoms with E-state index in [1.165, 1.54) is 5.56 Å². The first-order valence-corrected chi connectivity index (χ1v) is 6.22. The van der Waals surface area contributed by atoms with Crippen LogP contribution in [0, 0.1) is 0 Å². The fourth-order valence-corrected chi connectivity index (χ4v) is 2.20. The molecule has 1 fully saturated rings. The normalized spacial score (nSPS) is 26.3. The Morgan fingerprint density at radius 2 is 2.41 bits per heavy atom. The van der Waals surface area contributed by atoms with E-state index in [1.54, 1.807) is 0 Å². The Kier molecular flexibility index (Phi) is 4.15. The molecule has 2 N–H and O–H groups in total. The standard InChI is InChI=1S/C12H22N4O/c1-10-9-17-12(5-13)8-16(10)4-3-11-6-14-15(2)7-11/h6-7,10,12H,3-5,8-9,13H2,1-2H3. The summed E-state index contributed by atoms with van der Waals surface area (Å²) < 4.78 is 7.49. The Hall–Kier alpha value is -0.910. The zero-order valence-electron chi connectivity index (χ0n) is 10.7. The van der Waals surface area contributed by atoms with Gasteiger partial charge in [-0.15, -0.1) is 0 Å². The predicted octanol–water partition coefficient (Wildman–Crippen LogP) is 0.0106. The number of rotatable bonds is 4. The summed E-state index contributed by atoms with van der Waals surface area (Å²) in [6, 6.07) is 0.481. The molecule has 0 bridgehead atoms. The van der Waals surface area contributed by atoms with E-state index in [0.717, 1.165) is 26.1 Å².